The molecule has 0 bridgehead atoms. The highest BCUT2D eigenvalue weighted by atomic mass is 19.1. The number of fused-ring (bicyclic) bond motifs is 3. The van der Waals surface area contributed by atoms with Crippen LogP contribution < -0.4 is 0 Å². The third-order valence-corrected chi connectivity index (χ3v) is 3.35. The minimum absolute atomic E-state index is 0.258. The van der Waals surface area contributed by atoms with Crippen molar-refractivity contribution in [1.29, 1.82) is 0 Å². The molecule has 5 nitrogen and oxygen atoms in total. The number of rotatable bonds is 1. The summed E-state index contributed by atoms with van der Waals surface area (Å²) in [6.07, 6.45) is 3.47. The van der Waals surface area contributed by atoms with E-state index in [2.05, 4.69) is 15.3 Å². The predicted molar refractivity (Wildman–Crippen MR) is 69.7 cm³/mol. The lowest BCUT2D eigenvalue weighted by molar-refractivity contribution is 0.629. The van der Waals surface area contributed by atoms with E-state index in [0.29, 0.717) is 0 Å². The van der Waals surface area contributed by atoms with Gasteiger partial charge < -0.3 is 0 Å². The molecule has 0 atom stereocenters. The van der Waals surface area contributed by atoms with Crippen LogP contribution in [-0.4, -0.2) is 24.5 Å². The number of nitrogens with zero attached hydrogens (tertiary/aromatic N) is 4. The highest BCUT2D eigenvalue weighted by Crippen LogP contribution is 2.30. The van der Waals surface area contributed by atoms with Crippen molar-refractivity contribution in [2.75, 3.05) is 0 Å². The largest absolute Gasteiger partial charge is 0.291 e. The minimum atomic E-state index is -0.258. The summed E-state index contributed by atoms with van der Waals surface area (Å²) in [5.74, 6) is 0.652. The van der Waals surface area contributed by atoms with Crippen molar-refractivity contribution in [3.05, 3.63) is 42.5 Å². The Morgan fingerprint density at radius 1 is 1.21 bits per heavy atom. The molecule has 4 rings (SSSR count). The van der Waals surface area contributed by atoms with Crippen molar-refractivity contribution in [2.45, 2.75) is 0 Å². The molecule has 0 aliphatic heterocycles. The maximum atomic E-state index is 13.4. The fourth-order valence-electron chi connectivity index (χ4n) is 2.51. The summed E-state index contributed by atoms with van der Waals surface area (Å²) in [6.45, 7) is 0. The summed E-state index contributed by atoms with van der Waals surface area (Å²) in [5.41, 5.74) is 2.66. The van der Waals surface area contributed by atoms with Gasteiger partial charge in [0.25, 0.3) is 0 Å². The molecule has 19 heavy (non-hydrogen) atoms. The number of halogens is 1. The van der Waals surface area contributed by atoms with Gasteiger partial charge in [0.15, 0.2) is 0 Å². The summed E-state index contributed by atoms with van der Waals surface area (Å²) in [7, 11) is 1.87. The third kappa shape index (κ3) is 1.28. The number of aromatic nitrogens is 5. The highest BCUT2D eigenvalue weighted by molar-refractivity contribution is 6.06. The van der Waals surface area contributed by atoms with Crippen molar-refractivity contribution >= 4 is 21.9 Å². The number of aromatic amines is 1. The van der Waals surface area contributed by atoms with Crippen LogP contribution in [0, 0.1) is 5.82 Å². The van der Waals surface area contributed by atoms with Gasteiger partial charge in [-0.05, 0) is 18.2 Å². The van der Waals surface area contributed by atoms with Gasteiger partial charge in [-0.25, -0.2) is 4.39 Å². The summed E-state index contributed by atoms with van der Waals surface area (Å²) in [4.78, 5) is 0. The second-order valence-corrected chi connectivity index (χ2v) is 4.44. The van der Waals surface area contributed by atoms with Gasteiger partial charge in [-0.15, -0.1) is 0 Å². The Hall–Kier alpha value is -2.63. The van der Waals surface area contributed by atoms with Crippen LogP contribution in [0.25, 0.3) is 27.8 Å². The SMILES string of the molecule is Cn1nccc1-n1c2ccc(F)cc2c2[nH]ncc21. The van der Waals surface area contributed by atoms with Crippen LogP contribution in [0.3, 0.4) is 0 Å². The summed E-state index contributed by atoms with van der Waals surface area (Å²) in [5, 5.41) is 12.0. The Balaban J connectivity index is 2.23. The lowest BCUT2D eigenvalue weighted by atomic mass is 10.2. The molecule has 0 aliphatic rings. The molecular weight excluding hydrogens is 245 g/mol. The van der Waals surface area contributed by atoms with Gasteiger partial charge in [-0.2, -0.15) is 10.2 Å². The van der Waals surface area contributed by atoms with Crippen molar-refractivity contribution in [3.63, 3.8) is 0 Å². The average Bonchev–Trinajstić information content (AvgIpc) is 3.05. The molecule has 94 valence electrons. The summed E-state index contributed by atoms with van der Waals surface area (Å²) < 4.78 is 17.2. The van der Waals surface area contributed by atoms with Crippen molar-refractivity contribution < 1.29 is 4.39 Å². The first-order valence-electron chi connectivity index (χ1n) is 5.87. The van der Waals surface area contributed by atoms with E-state index in [9.17, 15) is 4.39 Å². The molecule has 3 aromatic heterocycles. The van der Waals surface area contributed by atoms with E-state index in [1.54, 1.807) is 23.1 Å². The van der Waals surface area contributed by atoms with E-state index in [4.69, 9.17) is 0 Å². The van der Waals surface area contributed by atoms with E-state index in [1.165, 1.54) is 12.1 Å². The Kier molecular flexibility index (Phi) is 1.87. The van der Waals surface area contributed by atoms with Crippen LogP contribution in [0.15, 0.2) is 36.7 Å². The number of hydrogen-bond acceptors (Lipinski definition) is 2. The molecule has 0 radical (unpaired) electrons. The molecule has 6 heteroatoms. The van der Waals surface area contributed by atoms with Gasteiger partial charge >= 0.3 is 0 Å². The smallest absolute Gasteiger partial charge is 0.135 e. The van der Waals surface area contributed by atoms with Crippen LogP contribution in [0.5, 0.6) is 0 Å². The van der Waals surface area contributed by atoms with E-state index >= 15 is 0 Å². The van der Waals surface area contributed by atoms with Gasteiger partial charge in [0.05, 0.1) is 28.9 Å². The van der Waals surface area contributed by atoms with E-state index in [-0.39, 0.29) is 5.82 Å². The molecule has 1 aromatic carbocycles. The zero-order valence-electron chi connectivity index (χ0n) is 10.1. The Morgan fingerprint density at radius 2 is 2.11 bits per heavy atom. The van der Waals surface area contributed by atoms with Crippen molar-refractivity contribution in [3.8, 4) is 5.82 Å². The zero-order chi connectivity index (χ0) is 13.0. The summed E-state index contributed by atoms with van der Waals surface area (Å²) >= 11 is 0. The van der Waals surface area contributed by atoms with Crippen LogP contribution in [0.1, 0.15) is 0 Å². The van der Waals surface area contributed by atoms with Crippen molar-refractivity contribution in [1.82, 2.24) is 24.5 Å². The maximum Gasteiger partial charge on any atom is 0.135 e. The monoisotopic (exact) mass is 255 g/mol. The fourth-order valence-corrected chi connectivity index (χ4v) is 2.51. The van der Waals surface area contributed by atoms with Crippen LogP contribution >= 0.6 is 0 Å². The Bertz CT molecular complexity index is 898. The molecule has 1 N–H and O–H groups in total. The molecule has 0 aliphatic carbocycles. The fraction of sp³-hybridized carbons (Fsp3) is 0.0769. The van der Waals surface area contributed by atoms with Gasteiger partial charge in [0.1, 0.15) is 11.6 Å². The number of H-pyrrole nitrogens is 1. The average molecular weight is 255 g/mol. The molecule has 0 spiro atoms. The Labute approximate surface area is 107 Å². The van der Waals surface area contributed by atoms with Gasteiger partial charge in [0.2, 0.25) is 0 Å². The lowest BCUT2D eigenvalue weighted by Gasteiger charge is -2.06. The standard InChI is InChI=1S/C13H10FN5/c1-18-12(4-5-16-18)19-10-3-2-8(14)6-9(10)13-11(19)7-15-17-13/h2-7H,1H3,(H,15,17). The van der Waals surface area contributed by atoms with Crippen LogP contribution in [-0.2, 0) is 7.05 Å². The van der Waals surface area contributed by atoms with E-state index < -0.39 is 0 Å². The predicted octanol–water partition coefficient (Wildman–Crippen LogP) is 2.38. The number of benzene rings is 1. The molecule has 4 aromatic rings. The normalized spacial score (nSPS) is 11.7. The molecular formula is C13H10FN5. The van der Waals surface area contributed by atoms with Crippen LogP contribution in [0.2, 0.25) is 0 Å². The molecule has 0 saturated carbocycles. The molecule has 3 heterocycles. The number of nitrogens with one attached hydrogen (secondary N) is 1. The Morgan fingerprint density at radius 3 is 2.89 bits per heavy atom. The second-order valence-electron chi connectivity index (χ2n) is 4.44. The van der Waals surface area contributed by atoms with Gasteiger partial charge in [0, 0.05) is 18.5 Å². The first-order valence-corrected chi connectivity index (χ1v) is 5.87. The van der Waals surface area contributed by atoms with Crippen molar-refractivity contribution in [2.24, 2.45) is 7.05 Å². The number of hydrogen-bond donors (Lipinski definition) is 1. The topological polar surface area (TPSA) is 51.4 Å². The highest BCUT2D eigenvalue weighted by Gasteiger charge is 2.15. The maximum absolute atomic E-state index is 13.4. The van der Waals surface area contributed by atoms with E-state index in [1.807, 2.05) is 17.7 Å². The third-order valence-electron chi connectivity index (χ3n) is 3.35. The van der Waals surface area contributed by atoms with Gasteiger partial charge in [-0.3, -0.25) is 14.3 Å². The lowest BCUT2D eigenvalue weighted by Crippen LogP contribution is -2.02. The minimum Gasteiger partial charge on any atom is -0.291 e. The molecule has 0 unspecified atom stereocenters. The molecule has 0 saturated heterocycles. The second kappa shape index (κ2) is 3.44. The molecule has 0 fully saturated rings. The first kappa shape index (κ1) is 10.3. The quantitative estimate of drug-likeness (QED) is 0.567. The molecule has 0 amide bonds. The first-order chi connectivity index (χ1) is 9.25. The summed E-state index contributed by atoms with van der Waals surface area (Å²) in [6, 6.07) is 6.66. The van der Waals surface area contributed by atoms with Gasteiger partial charge in [-0.1, -0.05) is 0 Å². The van der Waals surface area contributed by atoms with E-state index in [0.717, 1.165) is 27.8 Å². The number of aryl methyl sites for hydroxylation is 1. The zero-order valence-corrected chi connectivity index (χ0v) is 10.1. The van der Waals surface area contributed by atoms with Crippen LogP contribution in [0.4, 0.5) is 4.39 Å².